The SMILES string of the molecule is COC(=O)C[C@H]1SC2=C(C(=O)Nc3ccc(C)cc3)[C@H](c3cccc(OC)c3)C(C#N)=C(N)N2C1=O. The highest BCUT2D eigenvalue weighted by molar-refractivity contribution is 8.04. The van der Waals surface area contributed by atoms with Crippen LogP contribution in [0, 0.1) is 18.3 Å². The predicted octanol–water partition coefficient (Wildman–Crippen LogP) is 3.15. The summed E-state index contributed by atoms with van der Waals surface area (Å²) in [6.45, 7) is 1.93. The Labute approximate surface area is 212 Å². The number of ether oxygens (including phenoxy) is 2. The number of anilines is 1. The molecule has 0 bridgehead atoms. The molecule has 0 radical (unpaired) electrons. The van der Waals surface area contributed by atoms with Crippen LogP contribution in [0.4, 0.5) is 5.69 Å². The van der Waals surface area contributed by atoms with E-state index in [1.54, 1.807) is 36.4 Å². The number of esters is 1. The lowest BCUT2D eigenvalue weighted by molar-refractivity contribution is -0.142. The van der Waals surface area contributed by atoms with Crippen LogP contribution in [0.2, 0.25) is 0 Å². The maximum absolute atomic E-state index is 13.8. The van der Waals surface area contributed by atoms with Crippen LogP contribution < -0.4 is 15.8 Å². The standard InChI is InChI=1S/C26H24N4O5S/c1-14-7-9-16(10-8-14)29-24(32)22-21(15-5-4-6-17(11-15)34-2)18(13-27)23(28)30-25(33)19(36-26(22)30)12-20(31)35-3/h4-11,19,21H,12,28H2,1-3H3,(H,29,32)/t19-,21-/m1/s1. The van der Waals surface area contributed by atoms with E-state index in [4.69, 9.17) is 15.2 Å². The highest BCUT2D eigenvalue weighted by Gasteiger charge is 2.48. The number of aryl methyl sites for hydroxylation is 1. The quantitative estimate of drug-likeness (QED) is 0.573. The molecule has 184 valence electrons. The molecule has 2 amide bonds. The van der Waals surface area contributed by atoms with Gasteiger partial charge in [-0.1, -0.05) is 41.6 Å². The normalized spacial score (nSPS) is 19.1. The molecular weight excluding hydrogens is 480 g/mol. The van der Waals surface area contributed by atoms with Gasteiger partial charge in [-0.25, -0.2) is 0 Å². The Morgan fingerprint density at radius 2 is 1.92 bits per heavy atom. The van der Waals surface area contributed by atoms with Crippen molar-refractivity contribution in [3.05, 3.63) is 81.7 Å². The van der Waals surface area contributed by atoms with Crippen LogP contribution in [-0.4, -0.2) is 42.2 Å². The lowest BCUT2D eigenvalue weighted by Gasteiger charge is -2.32. The summed E-state index contributed by atoms with van der Waals surface area (Å²) in [5, 5.41) is 12.4. The second kappa shape index (κ2) is 10.2. The van der Waals surface area contributed by atoms with Gasteiger partial charge >= 0.3 is 5.97 Å². The Morgan fingerprint density at radius 3 is 2.56 bits per heavy atom. The molecule has 2 aromatic carbocycles. The number of amides is 2. The van der Waals surface area contributed by atoms with Gasteiger partial charge < -0.3 is 20.5 Å². The number of methoxy groups -OCH3 is 2. The molecule has 1 fully saturated rings. The number of hydrogen-bond acceptors (Lipinski definition) is 8. The number of nitrogens with one attached hydrogen (secondary N) is 1. The third kappa shape index (κ3) is 4.53. The average molecular weight is 505 g/mol. The summed E-state index contributed by atoms with van der Waals surface area (Å²) in [6, 6.07) is 16.3. The van der Waals surface area contributed by atoms with Crippen LogP contribution in [0.3, 0.4) is 0 Å². The molecular formula is C26H24N4O5S. The van der Waals surface area contributed by atoms with Gasteiger partial charge in [0.25, 0.3) is 5.91 Å². The molecule has 2 atom stereocenters. The van der Waals surface area contributed by atoms with Gasteiger partial charge in [0, 0.05) is 5.69 Å². The summed E-state index contributed by atoms with van der Waals surface area (Å²) in [6.07, 6.45) is -0.203. The number of nitrogens with zero attached hydrogens (tertiary/aromatic N) is 2. The van der Waals surface area contributed by atoms with Gasteiger partial charge in [0.2, 0.25) is 5.91 Å². The third-order valence-electron chi connectivity index (χ3n) is 5.96. The zero-order valence-corrected chi connectivity index (χ0v) is 20.7. The van der Waals surface area contributed by atoms with Crippen molar-refractivity contribution < 1.29 is 23.9 Å². The number of carbonyl (C=O) groups excluding carboxylic acids is 3. The van der Waals surface area contributed by atoms with Crippen molar-refractivity contribution in [1.82, 2.24) is 4.90 Å². The van der Waals surface area contributed by atoms with Crippen molar-refractivity contribution in [3.63, 3.8) is 0 Å². The minimum Gasteiger partial charge on any atom is -0.497 e. The van der Waals surface area contributed by atoms with Crippen molar-refractivity contribution in [2.75, 3.05) is 19.5 Å². The summed E-state index contributed by atoms with van der Waals surface area (Å²) >= 11 is 1.06. The molecule has 0 saturated carbocycles. The predicted molar refractivity (Wildman–Crippen MR) is 134 cm³/mol. The monoisotopic (exact) mass is 504 g/mol. The Bertz CT molecular complexity index is 1340. The molecule has 10 heteroatoms. The first-order valence-corrected chi connectivity index (χ1v) is 11.9. The van der Waals surface area contributed by atoms with E-state index in [2.05, 4.69) is 11.4 Å². The van der Waals surface area contributed by atoms with E-state index in [1.165, 1.54) is 14.2 Å². The van der Waals surface area contributed by atoms with Crippen LogP contribution in [-0.2, 0) is 19.1 Å². The van der Waals surface area contributed by atoms with Crippen molar-refractivity contribution >= 4 is 35.2 Å². The lowest BCUT2D eigenvalue weighted by atomic mass is 9.82. The Balaban J connectivity index is 1.88. The van der Waals surface area contributed by atoms with Crippen LogP contribution in [0.5, 0.6) is 5.75 Å². The van der Waals surface area contributed by atoms with Crippen LogP contribution >= 0.6 is 11.8 Å². The fourth-order valence-electron chi connectivity index (χ4n) is 4.13. The molecule has 0 unspecified atom stereocenters. The maximum atomic E-state index is 13.8. The number of allylic oxidation sites excluding steroid dienone is 1. The molecule has 0 spiro atoms. The van der Waals surface area contributed by atoms with Crippen molar-refractivity contribution in [3.8, 4) is 11.8 Å². The zero-order valence-electron chi connectivity index (χ0n) is 19.9. The molecule has 2 heterocycles. The Morgan fingerprint density at radius 1 is 1.19 bits per heavy atom. The summed E-state index contributed by atoms with van der Waals surface area (Å²) in [7, 11) is 2.75. The maximum Gasteiger partial charge on any atom is 0.307 e. The number of thioether (sulfide) groups is 1. The fourth-order valence-corrected chi connectivity index (χ4v) is 5.46. The molecule has 3 N–H and O–H groups in total. The Hall–Kier alpha value is -4.23. The summed E-state index contributed by atoms with van der Waals surface area (Å²) in [5.74, 6) is -1.95. The minimum atomic E-state index is -0.862. The van der Waals surface area contributed by atoms with Crippen molar-refractivity contribution in [2.24, 2.45) is 5.73 Å². The first-order chi connectivity index (χ1) is 17.3. The number of benzene rings is 2. The summed E-state index contributed by atoms with van der Waals surface area (Å²) in [4.78, 5) is 40.2. The molecule has 4 rings (SSSR count). The van der Waals surface area contributed by atoms with Gasteiger partial charge in [-0.05, 0) is 36.8 Å². The number of fused-ring (bicyclic) bond motifs is 1. The number of hydrogen-bond donors (Lipinski definition) is 2. The van der Waals surface area contributed by atoms with E-state index in [0.29, 0.717) is 17.0 Å². The number of carbonyl (C=O) groups is 3. The molecule has 36 heavy (non-hydrogen) atoms. The minimum absolute atomic E-state index is 0.0497. The van der Waals surface area contributed by atoms with Crippen molar-refractivity contribution in [2.45, 2.75) is 24.5 Å². The second-order valence-electron chi connectivity index (χ2n) is 8.22. The number of nitrogens with two attached hydrogens (primary N) is 1. The smallest absolute Gasteiger partial charge is 0.307 e. The van der Waals surface area contributed by atoms with E-state index in [0.717, 1.165) is 22.2 Å². The number of nitriles is 1. The summed E-state index contributed by atoms with van der Waals surface area (Å²) < 4.78 is 10.1. The van der Waals surface area contributed by atoms with Crippen LogP contribution in [0.15, 0.2) is 70.5 Å². The molecule has 2 aromatic rings. The first-order valence-electron chi connectivity index (χ1n) is 11.0. The topological polar surface area (TPSA) is 135 Å². The van der Waals surface area contributed by atoms with Crippen LogP contribution in [0.1, 0.15) is 23.5 Å². The lowest BCUT2D eigenvalue weighted by Crippen LogP contribution is -2.39. The molecule has 2 aliphatic rings. The Kier molecular flexibility index (Phi) is 7.03. The highest BCUT2D eigenvalue weighted by Crippen LogP contribution is 2.50. The molecule has 0 aliphatic carbocycles. The van der Waals surface area contributed by atoms with Gasteiger partial charge in [-0.15, -0.1) is 0 Å². The van der Waals surface area contributed by atoms with Gasteiger partial charge in [0.05, 0.1) is 48.8 Å². The van der Waals surface area contributed by atoms with Gasteiger partial charge in [0.15, 0.2) is 0 Å². The molecule has 9 nitrogen and oxygen atoms in total. The van der Waals surface area contributed by atoms with E-state index in [-0.39, 0.29) is 28.4 Å². The number of rotatable bonds is 6. The molecule has 2 aliphatic heterocycles. The van der Waals surface area contributed by atoms with Crippen molar-refractivity contribution in [1.29, 1.82) is 5.26 Å². The zero-order chi connectivity index (χ0) is 26.0. The molecule has 0 aromatic heterocycles. The molecule has 1 saturated heterocycles. The average Bonchev–Trinajstić information content (AvgIpc) is 3.20. The van der Waals surface area contributed by atoms with Gasteiger partial charge in [-0.2, -0.15) is 5.26 Å². The second-order valence-corrected chi connectivity index (χ2v) is 9.41. The highest BCUT2D eigenvalue weighted by atomic mass is 32.2. The first kappa shape index (κ1) is 24.9. The third-order valence-corrected chi connectivity index (χ3v) is 7.24. The largest absolute Gasteiger partial charge is 0.497 e. The van der Waals surface area contributed by atoms with E-state index in [9.17, 15) is 19.6 Å². The summed E-state index contributed by atoms with van der Waals surface area (Å²) in [5.41, 5.74) is 8.76. The van der Waals surface area contributed by atoms with Gasteiger partial charge in [0.1, 0.15) is 16.8 Å². The van der Waals surface area contributed by atoms with E-state index in [1.807, 2.05) is 19.1 Å². The van der Waals surface area contributed by atoms with Gasteiger partial charge in [-0.3, -0.25) is 19.3 Å². The fraction of sp³-hybridized carbons (Fsp3) is 0.231. The van der Waals surface area contributed by atoms with Crippen LogP contribution in [0.25, 0.3) is 0 Å². The van der Waals surface area contributed by atoms with E-state index >= 15 is 0 Å². The van der Waals surface area contributed by atoms with E-state index < -0.39 is 29.0 Å².